The van der Waals surface area contributed by atoms with E-state index in [4.69, 9.17) is 10.5 Å². The van der Waals surface area contributed by atoms with E-state index in [2.05, 4.69) is 10.6 Å². The number of hydrogen-bond acceptors (Lipinski definition) is 4. The molecule has 3 amide bonds. The summed E-state index contributed by atoms with van der Waals surface area (Å²) in [6, 6.07) is 14.7. The molecule has 0 heterocycles. The Labute approximate surface area is 138 Å². The summed E-state index contributed by atoms with van der Waals surface area (Å²) in [5, 5.41) is 4.83. The SMILES string of the molecule is NC(=O)Nc1cccc(C(=O)NCC(=O)OCc2ccccc2)c1. The van der Waals surface area contributed by atoms with Crippen molar-refractivity contribution >= 4 is 23.6 Å². The molecule has 0 aliphatic heterocycles. The normalized spacial score (nSPS) is 9.83. The third-order valence-electron chi connectivity index (χ3n) is 3.03. The van der Waals surface area contributed by atoms with Crippen molar-refractivity contribution in [3.63, 3.8) is 0 Å². The lowest BCUT2D eigenvalue weighted by Gasteiger charge is -2.08. The Kier molecular flexibility index (Phi) is 5.90. The molecule has 2 aromatic carbocycles. The number of rotatable bonds is 6. The first kappa shape index (κ1) is 17.0. The van der Waals surface area contributed by atoms with E-state index in [1.165, 1.54) is 6.07 Å². The van der Waals surface area contributed by atoms with Gasteiger partial charge >= 0.3 is 12.0 Å². The largest absolute Gasteiger partial charge is 0.460 e. The zero-order valence-electron chi connectivity index (χ0n) is 12.8. The monoisotopic (exact) mass is 327 g/mol. The van der Waals surface area contributed by atoms with Crippen molar-refractivity contribution in [2.24, 2.45) is 5.73 Å². The van der Waals surface area contributed by atoms with Crippen LogP contribution >= 0.6 is 0 Å². The average molecular weight is 327 g/mol. The highest BCUT2D eigenvalue weighted by Crippen LogP contribution is 2.10. The fourth-order valence-electron chi connectivity index (χ4n) is 1.92. The van der Waals surface area contributed by atoms with Gasteiger partial charge < -0.3 is 21.1 Å². The summed E-state index contributed by atoms with van der Waals surface area (Å²) >= 11 is 0. The number of hydrogen-bond donors (Lipinski definition) is 3. The summed E-state index contributed by atoms with van der Waals surface area (Å²) in [5.74, 6) is -1.00. The van der Waals surface area contributed by atoms with Crippen molar-refractivity contribution in [2.45, 2.75) is 6.61 Å². The number of primary amides is 1. The molecule has 0 unspecified atom stereocenters. The summed E-state index contributed by atoms with van der Waals surface area (Å²) in [6.07, 6.45) is 0. The maximum Gasteiger partial charge on any atom is 0.325 e. The number of esters is 1. The van der Waals surface area contributed by atoms with Gasteiger partial charge in [-0.15, -0.1) is 0 Å². The minimum atomic E-state index is -0.725. The molecule has 0 atom stereocenters. The van der Waals surface area contributed by atoms with E-state index in [0.717, 1.165) is 5.56 Å². The highest BCUT2D eigenvalue weighted by molar-refractivity contribution is 5.97. The Morgan fingerprint density at radius 3 is 2.46 bits per heavy atom. The average Bonchev–Trinajstić information content (AvgIpc) is 2.58. The highest BCUT2D eigenvalue weighted by atomic mass is 16.5. The minimum absolute atomic E-state index is 0.146. The van der Waals surface area contributed by atoms with Crippen molar-refractivity contribution in [1.82, 2.24) is 5.32 Å². The van der Waals surface area contributed by atoms with Gasteiger partial charge in [0.05, 0.1) is 0 Å². The van der Waals surface area contributed by atoms with E-state index in [9.17, 15) is 14.4 Å². The molecule has 0 saturated carbocycles. The van der Waals surface area contributed by atoms with Crippen LogP contribution < -0.4 is 16.4 Å². The smallest absolute Gasteiger partial charge is 0.325 e. The molecule has 0 aliphatic rings. The lowest BCUT2D eigenvalue weighted by atomic mass is 10.2. The third kappa shape index (κ3) is 5.45. The van der Waals surface area contributed by atoms with E-state index in [0.29, 0.717) is 5.69 Å². The van der Waals surface area contributed by atoms with Crippen molar-refractivity contribution in [1.29, 1.82) is 0 Å². The molecular formula is C17H17N3O4. The fraction of sp³-hybridized carbons (Fsp3) is 0.118. The van der Waals surface area contributed by atoms with Crippen LogP contribution in [0.5, 0.6) is 0 Å². The molecule has 124 valence electrons. The maximum absolute atomic E-state index is 12.0. The summed E-state index contributed by atoms with van der Waals surface area (Å²) in [6.45, 7) is -0.104. The van der Waals surface area contributed by atoms with Gasteiger partial charge in [-0.1, -0.05) is 36.4 Å². The lowest BCUT2D eigenvalue weighted by molar-refractivity contribution is -0.143. The Morgan fingerprint density at radius 2 is 1.75 bits per heavy atom. The predicted octanol–water partition coefficient (Wildman–Crippen LogP) is 1.65. The molecule has 7 nitrogen and oxygen atoms in total. The number of nitrogens with two attached hydrogens (primary N) is 1. The summed E-state index contributed by atoms with van der Waals surface area (Å²) in [7, 11) is 0. The molecule has 2 aromatic rings. The second kappa shape index (κ2) is 8.33. The molecule has 0 fully saturated rings. The van der Waals surface area contributed by atoms with Gasteiger partial charge in [0, 0.05) is 11.3 Å². The first-order valence-electron chi connectivity index (χ1n) is 7.19. The Bertz CT molecular complexity index is 732. The molecule has 0 saturated heterocycles. The first-order chi connectivity index (χ1) is 11.5. The Morgan fingerprint density at radius 1 is 1.00 bits per heavy atom. The van der Waals surface area contributed by atoms with Crippen LogP contribution in [0.4, 0.5) is 10.5 Å². The fourth-order valence-corrected chi connectivity index (χ4v) is 1.92. The van der Waals surface area contributed by atoms with E-state index < -0.39 is 17.9 Å². The van der Waals surface area contributed by atoms with Crippen LogP contribution in [-0.4, -0.2) is 24.5 Å². The first-order valence-corrected chi connectivity index (χ1v) is 7.19. The summed E-state index contributed by atoms with van der Waals surface area (Å²) in [5.41, 5.74) is 6.56. The standard InChI is InChI=1S/C17H17N3O4/c18-17(23)20-14-8-4-7-13(9-14)16(22)19-10-15(21)24-11-12-5-2-1-3-6-12/h1-9H,10-11H2,(H,19,22)(H3,18,20,23). The van der Waals surface area contributed by atoms with Crippen molar-refractivity contribution in [3.8, 4) is 0 Å². The van der Waals surface area contributed by atoms with Crippen LogP contribution in [0.2, 0.25) is 0 Å². The molecule has 7 heteroatoms. The van der Waals surface area contributed by atoms with Crippen molar-refractivity contribution in [3.05, 3.63) is 65.7 Å². The lowest BCUT2D eigenvalue weighted by Crippen LogP contribution is -2.30. The van der Waals surface area contributed by atoms with Crippen LogP contribution in [0.1, 0.15) is 15.9 Å². The van der Waals surface area contributed by atoms with Crippen LogP contribution in [0.25, 0.3) is 0 Å². The summed E-state index contributed by atoms with van der Waals surface area (Å²) in [4.78, 5) is 34.5. The second-order valence-corrected chi connectivity index (χ2v) is 4.90. The van der Waals surface area contributed by atoms with Gasteiger partial charge in [-0.05, 0) is 23.8 Å². The van der Waals surface area contributed by atoms with E-state index in [1.54, 1.807) is 18.2 Å². The Hall–Kier alpha value is -3.35. The molecule has 4 N–H and O–H groups in total. The Balaban J connectivity index is 1.82. The quantitative estimate of drug-likeness (QED) is 0.701. The second-order valence-electron chi connectivity index (χ2n) is 4.90. The van der Waals surface area contributed by atoms with E-state index >= 15 is 0 Å². The van der Waals surface area contributed by atoms with Crippen LogP contribution in [0, 0.1) is 0 Å². The van der Waals surface area contributed by atoms with Gasteiger partial charge in [0.2, 0.25) is 0 Å². The zero-order chi connectivity index (χ0) is 17.4. The molecule has 0 aliphatic carbocycles. The molecule has 0 aromatic heterocycles. The van der Waals surface area contributed by atoms with Crippen molar-refractivity contribution in [2.75, 3.05) is 11.9 Å². The van der Waals surface area contributed by atoms with E-state index in [-0.39, 0.29) is 18.7 Å². The number of ether oxygens (including phenoxy) is 1. The molecule has 0 bridgehead atoms. The van der Waals surface area contributed by atoms with Gasteiger partial charge in [-0.25, -0.2) is 4.79 Å². The van der Waals surface area contributed by atoms with Crippen LogP contribution in [-0.2, 0) is 16.1 Å². The molecular weight excluding hydrogens is 310 g/mol. The van der Waals surface area contributed by atoms with Crippen molar-refractivity contribution < 1.29 is 19.1 Å². The van der Waals surface area contributed by atoms with Gasteiger partial charge in [0.25, 0.3) is 5.91 Å². The van der Waals surface area contributed by atoms with Gasteiger partial charge in [-0.2, -0.15) is 0 Å². The molecule has 0 spiro atoms. The van der Waals surface area contributed by atoms with Crippen LogP contribution in [0.15, 0.2) is 54.6 Å². The van der Waals surface area contributed by atoms with Gasteiger partial charge in [0.15, 0.2) is 0 Å². The minimum Gasteiger partial charge on any atom is -0.460 e. The number of carbonyl (C=O) groups is 3. The molecule has 24 heavy (non-hydrogen) atoms. The molecule has 0 radical (unpaired) electrons. The number of carbonyl (C=O) groups excluding carboxylic acids is 3. The predicted molar refractivity (Wildman–Crippen MR) is 88.2 cm³/mol. The summed E-state index contributed by atoms with van der Waals surface area (Å²) < 4.78 is 5.06. The van der Waals surface area contributed by atoms with Crippen LogP contribution in [0.3, 0.4) is 0 Å². The number of amides is 3. The topological polar surface area (TPSA) is 111 Å². The number of nitrogens with one attached hydrogen (secondary N) is 2. The van der Waals surface area contributed by atoms with Gasteiger partial charge in [0.1, 0.15) is 13.2 Å². The maximum atomic E-state index is 12.0. The third-order valence-corrected chi connectivity index (χ3v) is 3.03. The molecule has 2 rings (SSSR count). The van der Waals surface area contributed by atoms with E-state index in [1.807, 2.05) is 30.3 Å². The number of urea groups is 1. The number of benzene rings is 2. The zero-order valence-corrected chi connectivity index (χ0v) is 12.8. The van der Waals surface area contributed by atoms with Gasteiger partial charge in [-0.3, -0.25) is 9.59 Å². The highest BCUT2D eigenvalue weighted by Gasteiger charge is 2.10. The number of anilines is 1.